The van der Waals surface area contributed by atoms with Crippen molar-refractivity contribution in [1.82, 2.24) is 4.98 Å². The van der Waals surface area contributed by atoms with E-state index in [4.69, 9.17) is 9.72 Å². The van der Waals surface area contributed by atoms with E-state index in [0.29, 0.717) is 0 Å². The van der Waals surface area contributed by atoms with E-state index in [1.807, 2.05) is 42.5 Å². The van der Waals surface area contributed by atoms with E-state index in [1.54, 1.807) is 7.11 Å². The molecule has 1 heterocycles. The molecule has 21 heavy (non-hydrogen) atoms. The quantitative estimate of drug-likeness (QED) is 0.689. The molecular weight excluding hydrogens is 258 g/mol. The molecule has 3 rings (SSSR count). The van der Waals surface area contributed by atoms with Gasteiger partial charge in [-0.05, 0) is 43.3 Å². The minimum atomic E-state index is 0.855. The number of aromatic nitrogens is 1. The Kier molecular flexibility index (Phi) is 3.69. The zero-order valence-electron chi connectivity index (χ0n) is 12.2. The number of hydrogen-bond acceptors (Lipinski definition) is 2. The van der Waals surface area contributed by atoms with Crippen molar-refractivity contribution in [3.05, 3.63) is 72.3 Å². The number of aryl methyl sites for hydroxylation is 1. The molecule has 0 saturated carbocycles. The van der Waals surface area contributed by atoms with Crippen molar-refractivity contribution in [3.8, 4) is 28.3 Å². The number of rotatable bonds is 3. The van der Waals surface area contributed by atoms with Crippen LogP contribution in [0.1, 0.15) is 5.56 Å². The van der Waals surface area contributed by atoms with E-state index in [9.17, 15) is 0 Å². The van der Waals surface area contributed by atoms with Crippen molar-refractivity contribution in [1.29, 1.82) is 0 Å². The molecule has 0 spiro atoms. The molecule has 0 aliphatic heterocycles. The zero-order valence-corrected chi connectivity index (χ0v) is 12.2. The van der Waals surface area contributed by atoms with Crippen LogP contribution in [0.3, 0.4) is 0 Å². The van der Waals surface area contributed by atoms with Gasteiger partial charge in [-0.25, -0.2) is 4.98 Å². The lowest BCUT2D eigenvalue weighted by Gasteiger charge is -2.06. The van der Waals surface area contributed by atoms with Crippen LogP contribution in [0.15, 0.2) is 66.7 Å². The number of nitrogens with zero attached hydrogens (tertiary/aromatic N) is 1. The van der Waals surface area contributed by atoms with Crippen LogP contribution in [0.2, 0.25) is 0 Å². The lowest BCUT2D eigenvalue weighted by atomic mass is 10.1. The van der Waals surface area contributed by atoms with Crippen LogP contribution in [0.25, 0.3) is 22.5 Å². The molecule has 2 nitrogen and oxygen atoms in total. The Balaban J connectivity index is 1.97. The first-order valence-electron chi connectivity index (χ1n) is 6.95. The van der Waals surface area contributed by atoms with Gasteiger partial charge < -0.3 is 4.74 Å². The maximum absolute atomic E-state index is 5.19. The highest BCUT2D eigenvalue weighted by Crippen LogP contribution is 2.24. The Labute approximate surface area is 125 Å². The van der Waals surface area contributed by atoms with E-state index >= 15 is 0 Å². The van der Waals surface area contributed by atoms with Gasteiger partial charge in [0.2, 0.25) is 0 Å². The minimum Gasteiger partial charge on any atom is -0.497 e. The van der Waals surface area contributed by atoms with Crippen molar-refractivity contribution < 1.29 is 4.74 Å². The molecule has 0 amide bonds. The van der Waals surface area contributed by atoms with Crippen LogP contribution in [-0.4, -0.2) is 12.1 Å². The summed E-state index contributed by atoms with van der Waals surface area (Å²) in [6.45, 7) is 2.09. The topological polar surface area (TPSA) is 22.1 Å². The standard InChI is InChI=1S/C19H17NO/c1-14-6-8-15(9-7-14)18-4-3-5-19(20-18)16-10-12-17(21-2)13-11-16/h3-13H,1-2H3. The highest BCUT2D eigenvalue weighted by Gasteiger charge is 2.03. The van der Waals surface area contributed by atoms with Gasteiger partial charge in [0.1, 0.15) is 5.75 Å². The molecular formula is C19H17NO. The summed E-state index contributed by atoms with van der Waals surface area (Å²) >= 11 is 0. The summed E-state index contributed by atoms with van der Waals surface area (Å²) in [6.07, 6.45) is 0. The van der Waals surface area contributed by atoms with Gasteiger partial charge in [0.15, 0.2) is 0 Å². The molecule has 3 aromatic rings. The lowest BCUT2D eigenvalue weighted by molar-refractivity contribution is 0.415. The van der Waals surface area contributed by atoms with Crippen molar-refractivity contribution in [2.45, 2.75) is 6.92 Å². The predicted molar refractivity (Wildman–Crippen MR) is 86.4 cm³/mol. The average molecular weight is 275 g/mol. The Morgan fingerprint density at radius 2 is 1.24 bits per heavy atom. The van der Waals surface area contributed by atoms with E-state index in [2.05, 4.69) is 31.2 Å². The number of benzene rings is 2. The minimum absolute atomic E-state index is 0.855. The lowest BCUT2D eigenvalue weighted by Crippen LogP contribution is -1.88. The van der Waals surface area contributed by atoms with Crippen LogP contribution in [-0.2, 0) is 0 Å². The van der Waals surface area contributed by atoms with Crippen molar-refractivity contribution in [3.63, 3.8) is 0 Å². The van der Waals surface area contributed by atoms with Crippen LogP contribution in [0, 0.1) is 6.92 Å². The van der Waals surface area contributed by atoms with Gasteiger partial charge in [-0.2, -0.15) is 0 Å². The molecule has 0 atom stereocenters. The number of methoxy groups -OCH3 is 1. The normalized spacial score (nSPS) is 10.4. The molecule has 104 valence electrons. The van der Waals surface area contributed by atoms with E-state index in [0.717, 1.165) is 28.3 Å². The number of pyridine rings is 1. The van der Waals surface area contributed by atoms with E-state index in [1.165, 1.54) is 5.56 Å². The van der Waals surface area contributed by atoms with Crippen molar-refractivity contribution in [2.24, 2.45) is 0 Å². The summed E-state index contributed by atoms with van der Waals surface area (Å²) < 4.78 is 5.19. The molecule has 0 bridgehead atoms. The Morgan fingerprint density at radius 3 is 1.76 bits per heavy atom. The smallest absolute Gasteiger partial charge is 0.118 e. The maximum atomic E-state index is 5.19. The third-order valence-electron chi connectivity index (χ3n) is 3.48. The summed E-state index contributed by atoms with van der Waals surface area (Å²) in [5.74, 6) is 0.855. The summed E-state index contributed by atoms with van der Waals surface area (Å²) in [6, 6.07) is 22.5. The van der Waals surface area contributed by atoms with Gasteiger partial charge in [-0.15, -0.1) is 0 Å². The first kappa shape index (κ1) is 13.4. The number of hydrogen-bond donors (Lipinski definition) is 0. The average Bonchev–Trinajstić information content (AvgIpc) is 2.56. The fourth-order valence-electron chi connectivity index (χ4n) is 2.24. The van der Waals surface area contributed by atoms with Gasteiger partial charge in [0, 0.05) is 11.1 Å². The van der Waals surface area contributed by atoms with Crippen LogP contribution in [0.5, 0.6) is 5.75 Å². The molecule has 1 aromatic heterocycles. The number of ether oxygens (including phenoxy) is 1. The molecule has 0 radical (unpaired) electrons. The molecule has 0 N–H and O–H groups in total. The molecule has 0 aliphatic rings. The Morgan fingerprint density at radius 1 is 0.714 bits per heavy atom. The second kappa shape index (κ2) is 5.80. The molecule has 0 aliphatic carbocycles. The first-order valence-corrected chi connectivity index (χ1v) is 6.95. The van der Waals surface area contributed by atoms with Gasteiger partial charge in [0.25, 0.3) is 0 Å². The molecule has 2 heteroatoms. The first-order chi connectivity index (χ1) is 10.3. The third-order valence-corrected chi connectivity index (χ3v) is 3.48. The third kappa shape index (κ3) is 2.95. The highest BCUT2D eigenvalue weighted by atomic mass is 16.5. The fraction of sp³-hybridized carbons (Fsp3) is 0.105. The molecule has 2 aromatic carbocycles. The van der Waals surface area contributed by atoms with Gasteiger partial charge in [-0.1, -0.05) is 35.9 Å². The van der Waals surface area contributed by atoms with Gasteiger partial charge in [0.05, 0.1) is 18.5 Å². The molecule has 0 unspecified atom stereocenters. The monoisotopic (exact) mass is 275 g/mol. The van der Waals surface area contributed by atoms with Gasteiger partial charge >= 0.3 is 0 Å². The maximum Gasteiger partial charge on any atom is 0.118 e. The largest absolute Gasteiger partial charge is 0.497 e. The highest BCUT2D eigenvalue weighted by molar-refractivity contribution is 5.66. The second-order valence-electron chi connectivity index (χ2n) is 5.00. The fourth-order valence-corrected chi connectivity index (χ4v) is 2.24. The molecule has 0 saturated heterocycles. The SMILES string of the molecule is COc1ccc(-c2cccc(-c3ccc(C)cc3)n2)cc1. The second-order valence-corrected chi connectivity index (χ2v) is 5.00. The Hall–Kier alpha value is -2.61. The summed E-state index contributed by atoms with van der Waals surface area (Å²) in [5, 5.41) is 0. The van der Waals surface area contributed by atoms with E-state index in [-0.39, 0.29) is 0 Å². The predicted octanol–water partition coefficient (Wildman–Crippen LogP) is 4.73. The van der Waals surface area contributed by atoms with Crippen molar-refractivity contribution in [2.75, 3.05) is 7.11 Å². The zero-order chi connectivity index (χ0) is 14.7. The summed E-state index contributed by atoms with van der Waals surface area (Å²) in [7, 11) is 1.67. The Bertz CT molecular complexity index is 730. The van der Waals surface area contributed by atoms with Crippen LogP contribution >= 0.6 is 0 Å². The summed E-state index contributed by atoms with van der Waals surface area (Å²) in [5.41, 5.74) is 5.44. The molecule has 0 fully saturated rings. The van der Waals surface area contributed by atoms with Crippen molar-refractivity contribution >= 4 is 0 Å². The van der Waals surface area contributed by atoms with Crippen LogP contribution < -0.4 is 4.74 Å². The van der Waals surface area contributed by atoms with E-state index < -0.39 is 0 Å². The summed E-state index contributed by atoms with van der Waals surface area (Å²) in [4.78, 5) is 4.76. The van der Waals surface area contributed by atoms with Crippen LogP contribution in [0.4, 0.5) is 0 Å². The van der Waals surface area contributed by atoms with Gasteiger partial charge in [-0.3, -0.25) is 0 Å².